The van der Waals surface area contributed by atoms with E-state index in [1.165, 1.54) is 5.56 Å². The van der Waals surface area contributed by atoms with Gasteiger partial charge < -0.3 is 5.73 Å². The van der Waals surface area contributed by atoms with Crippen molar-refractivity contribution in [3.8, 4) is 0 Å². The molecular formula is C10H14N2O. The number of nitroso groups, excluding NO2 is 1. The first-order chi connectivity index (χ1) is 6.36. The van der Waals surface area contributed by atoms with Crippen LogP contribution in [0.5, 0.6) is 0 Å². The molecule has 0 spiro atoms. The van der Waals surface area contributed by atoms with E-state index in [0.717, 1.165) is 25.8 Å². The number of hydrogen-bond donors (Lipinski definition) is 1. The Kier molecular flexibility index (Phi) is 4.12. The molecule has 0 aliphatic heterocycles. The molecule has 13 heavy (non-hydrogen) atoms. The van der Waals surface area contributed by atoms with Gasteiger partial charge in [-0.2, -0.15) is 0 Å². The van der Waals surface area contributed by atoms with Crippen LogP contribution in [0.15, 0.2) is 29.4 Å². The summed E-state index contributed by atoms with van der Waals surface area (Å²) in [5, 5.41) is 2.84. The van der Waals surface area contributed by atoms with Crippen molar-refractivity contribution < 1.29 is 0 Å². The topological polar surface area (TPSA) is 55.4 Å². The van der Waals surface area contributed by atoms with Crippen molar-refractivity contribution in [1.82, 2.24) is 0 Å². The predicted octanol–water partition coefficient (Wildman–Crippen LogP) is 2.37. The molecule has 0 saturated carbocycles. The van der Waals surface area contributed by atoms with Crippen LogP contribution in [-0.2, 0) is 6.42 Å². The lowest BCUT2D eigenvalue weighted by molar-refractivity contribution is 0.745. The predicted molar refractivity (Wildman–Crippen MR) is 53.9 cm³/mol. The Morgan fingerprint density at radius 2 is 1.85 bits per heavy atom. The number of aryl methyl sites for hydroxylation is 1. The fourth-order valence-electron chi connectivity index (χ4n) is 1.20. The van der Waals surface area contributed by atoms with Crippen LogP contribution >= 0.6 is 0 Å². The minimum atomic E-state index is 0.488. The van der Waals surface area contributed by atoms with Gasteiger partial charge in [0.1, 0.15) is 5.69 Å². The summed E-state index contributed by atoms with van der Waals surface area (Å²) < 4.78 is 0. The van der Waals surface area contributed by atoms with Crippen LogP contribution in [0, 0.1) is 4.91 Å². The van der Waals surface area contributed by atoms with Crippen LogP contribution in [0.1, 0.15) is 18.4 Å². The summed E-state index contributed by atoms with van der Waals surface area (Å²) >= 11 is 0. The first-order valence-corrected chi connectivity index (χ1v) is 4.49. The average molecular weight is 178 g/mol. The van der Waals surface area contributed by atoms with Crippen molar-refractivity contribution in [2.45, 2.75) is 19.3 Å². The smallest absolute Gasteiger partial charge is 0.108 e. The van der Waals surface area contributed by atoms with E-state index in [2.05, 4.69) is 5.18 Å². The van der Waals surface area contributed by atoms with Crippen LogP contribution in [-0.4, -0.2) is 6.54 Å². The Hall–Kier alpha value is -1.22. The molecule has 0 aliphatic rings. The summed E-state index contributed by atoms with van der Waals surface area (Å²) in [7, 11) is 0. The van der Waals surface area contributed by atoms with E-state index in [0.29, 0.717) is 5.69 Å². The largest absolute Gasteiger partial charge is 0.330 e. The Morgan fingerprint density at radius 1 is 1.15 bits per heavy atom. The molecule has 0 saturated heterocycles. The summed E-state index contributed by atoms with van der Waals surface area (Å²) in [6, 6.07) is 7.36. The van der Waals surface area contributed by atoms with Gasteiger partial charge in [0.05, 0.1) is 0 Å². The molecule has 0 atom stereocenters. The van der Waals surface area contributed by atoms with Crippen LogP contribution in [0.3, 0.4) is 0 Å². The SMILES string of the molecule is NCCCCc1ccc(N=O)cc1. The summed E-state index contributed by atoms with van der Waals surface area (Å²) in [4.78, 5) is 10.1. The van der Waals surface area contributed by atoms with Crippen molar-refractivity contribution in [3.05, 3.63) is 34.7 Å². The second-order valence-corrected chi connectivity index (χ2v) is 3.00. The van der Waals surface area contributed by atoms with E-state index in [9.17, 15) is 4.91 Å². The van der Waals surface area contributed by atoms with Gasteiger partial charge in [0.2, 0.25) is 0 Å². The van der Waals surface area contributed by atoms with E-state index in [-0.39, 0.29) is 0 Å². The van der Waals surface area contributed by atoms with Crippen molar-refractivity contribution in [2.24, 2.45) is 10.9 Å². The number of unbranched alkanes of at least 4 members (excludes halogenated alkanes) is 1. The standard InChI is InChI=1S/C10H14N2O/c11-8-2-1-3-9-4-6-10(12-13)7-5-9/h4-7H,1-3,8,11H2. The minimum absolute atomic E-state index is 0.488. The zero-order valence-corrected chi connectivity index (χ0v) is 7.57. The molecule has 1 aromatic rings. The monoisotopic (exact) mass is 178 g/mol. The van der Waals surface area contributed by atoms with Gasteiger partial charge >= 0.3 is 0 Å². The molecule has 3 heteroatoms. The van der Waals surface area contributed by atoms with Crippen molar-refractivity contribution in [2.75, 3.05) is 6.54 Å². The van der Waals surface area contributed by atoms with E-state index < -0.39 is 0 Å². The molecule has 0 fully saturated rings. The lowest BCUT2D eigenvalue weighted by atomic mass is 10.1. The highest BCUT2D eigenvalue weighted by atomic mass is 16.3. The molecule has 70 valence electrons. The Morgan fingerprint density at radius 3 is 2.38 bits per heavy atom. The van der Waals surface area contributed by atoms with Gasteiger partial charge in [0.25, 0.3) is 0 Å². The molecule has 0 aromatic heterocycles. The van der Waals surface area contributed by atoms with Gasteiger partial charge in [-0.1, -0.05) is 12.1 Å². The summed E-state index contributed by atoms with van der Waals surface area (Å²) in [5.41, 5.74) is 7.11. The Bertz CT molecular complexity index is 256. The molecule has 0 heterocycles. The third kappa shape index (κ3) is 3.34. The number of nitrogens with zero attached hydrogens (tertiary/aromatic N) is 1. The molecule has 0 amide bonds. The molecule has 2 N–H and O–H groups in total. The highest BCUT2D eigenvalue weighted by molar-refractivity contribution is 5.38. The average Bonchev–Trinajstić information content (AvgIpc) is 2.19. The van der Waals surface area contributed by atoms with Crippen LogP contribution in [0.4, 0.5) is 5.69 Å². The first kappa shape index (κ1) is 9.86. The maximum absolute atomic E-state index is 10.1. The number of hydrogen-bond acceptors (Lipinski definition) is 3. The normalized spacial score (nSPS) is 9.92. The third-order valence-corrected chi connectivity index (χ3v) is 1.96. The zero-order chi connectivity index (χ0) is 9.52. The quantitative estimate of drug-likeness (QED) is 0.556. The Labute approximate surface area is 77.9 Å². The van der Waals surface area contributed by atoms with Gasteiger partial charge in [0, 0.05) is 0 Å². The van der Waals surface area contributed by atoms with E-state index >= 15 is 0 Å². The van der Waals surface area contributed by atoms with Gasteiger partial charge in [-0.15, -0.1) is 4.91 Å². The molecule has 1 aromatic carbocycles. The molecule has 0 unspecified atom stereocenters. The molecule has 3 nitrogen and oxygen atoms in total. The fraction of sp³-hybridized carbons (Fsp3) is 0.400. The maximum Gasteiger partial charge on any atom is 0.108 e. The molecule has 0 aliphatic carbocycles. The van der Waals surface area contributed by atoms with Gasteiger partial charge in [-0.3, -0.25) is 0 Å². The third-order valence-electron chi connectivity index (χ3n) is 1.96. The molecule has 0 radical (unpaired) electrons. The van der Waals surface area contributed by atoms with Crippen molar-refractivity contribution in [1.29, 1.82) is 0 Å². The zero-order valence-electron chi connectivity index (χ0n) is 7.57. The van der Waals surface area contributed by atoms with Crippen molar-refractivity contribution >= 4 is 5.69 Å². The van der Waals surface area contributed by atoms with Crippen LogP contribution < -0.4 is 5.73 Å². The second-order valence-electron chi connectivity index (χ2n) is 3.00. The maximum atomic E-state index is 10.1. The summed E-state index contributed by atoms with van der Waals surface area (Å²) in [6.45, 7) is 0.744. The minimum Gasteiger partial charge on any atom is -0.330 e. The Balaban J connectivity index is 2.44. The summed E-state index contributed by atoms with van der Waals surface area (Å²) in [6.07, 6.45) is 3.17. The number of benzene rings is 1. The van der Waals surface area contributed by atoms with Gasteiger partial charge in [-0.25, -0.2) is 0 Å². The van der Waals surface area contributed by atoms with Crippen molar-refractivity contribution in [3.63, 3.8) is 0 Å². The molecular weight excluding hydrogens is 164 g/mol. The lowest BCUT2D eigenvalue weighted by Crippen LogP contribution is -1.98. The second kappa shape index (κ2) is 5.43. The highest BCUT2D eigenvalue weighted by Crippen LogP contribution is 2.13. The van der Waals surface area contributed by atoms with Crippen LogP contribution in [0.25, 0.3) is 0 Å². The lowest BCUT2D eigenvalue weighted by Gasteiger charge is -1.99. The van der Waals surface area contributed by atoms with E-state index in [1.54, 1.807) is 12.1 Å². The first-order valence-electron chi connectivity index (χ1n) is 4.49. The summed E-state index contributed by atoms with van der Waals surface area (Å²) in [5.74, 6) is 0. The fourth-order valence-corrected chi connectivity index (χ4v) is 1.20. The van der Waals surface area contributed by atoms with E-state index in [1.807, 2.05) is 12.1 Å². The number of rotatable bonds is 5. The van der Waals surface area contributed by atoms with Crippen LogP contribution in [0.2, 0.25) is 0 Å². The van der Waals surface area contributed by atoms with Gasteiger partial charge in [-0.05, 0) is 48.7 Å². The molecule has 1 rings (SSSR count). The molecule has 0 bridgehead atoms. The van der Waals surface area contributed by atoms with E-state index in [4.69, 9.17) is 5.73 Å². The highest BCUT2D eigenvalue weighted by Gasteiger charge is 1.94. The number of nitrogens with two attached hydrogens (primary N) is 1. The van der Waals surface area contributed by atoms with Gasteiger partial charge in [0.15, 0.2) is 0 Å².